The van der Waals surface area contributed by atoms with Crippen molar-refractivity contribution in [3.63, 3.8) is 0 Å². The van der Waals surface area contributed by atoms with Crippen molar-refractivity contribution in [3.8, 4) is 0 Å². The minimum Gasteiger partial charge on any atom is -0.399 e. The summed E-state index contributed by atoms with van der Waals surface area (Å²) in [6.45, 7) is 5.85. The largest absolute Gasteiger partial charge is 0.399 e. The molecular weight excluding hydrogens is 246 g/mol. The SMILES string of the molecule is C=CC(C)Sc1ccc(N)cc1Br. The lowest BCUT2D eigenvalue weighted by molar-refractivity contribution is 1.24. The van der Waals surface area contributed by atoms with Gasteiger partial charge in [0.25, 0.3) is 0 Å². The highest BCUT2D eigenvalue weighted by atomic mass is 79.9. The summed E-state index contributed by atoms with van der Waals surface area (Å²) in [4.78, 5) is 1.20. The molecule has 0 bridgehead atoms. The molecule has 0 aliphatic carbocycles. The fraction of sp³-hybridized carbons (Fsp3) is 0.200. The number of anilines is 1. The smallest absolute Gasteiger partial charge is 0.0331 e. The summed E-state index contributed by atoms with van der Waals surface area (Å²) in [6.07, 6.45) is 1.92. The topological polar surface area (TPSA) is 26.0 Å². The van der Waals surface area contributed by atoms with Gasteiger partial charge in [0, 0.05) is 20.3 Å². The van der Waals surface area contributed by atoms with Crippen molar-refractivity contribution in [3.05, 3.63) is 35.3 Å². The van der Waals surface area contributed by atoms with E-state index in [2.05, 4.69) is 29.4 Å². The number of thioether (sulfide) groups is 1. The van der Waals surface area contributed by atoms with E-state index in [9.17, 15) is 0 Å². The third-order valence-electron chi connectivity index (χ3n) is 1.60. The third kappa shape index (κ3) is 3.08. The normalized spacial score (nSPS) is 12.5. The number of hydrogen-bond acceptors (Lipinski definition) is 2. The van der Waals surface area contributed by atoms with E-state index in [1.54, 1.807) is 11.8 Å². The van der Waals surface area contributed by atoms with Crippen LogP contribution in [0, 0.1) is 0 Å². The fourth-order valence-electron chi connectivity index (χ4n) is 0.861. The molecule has 1 aromatic rings. The Bertz CT molecular complexity index is 312. The molecule has 0 saturated carbocycles. The number of nitrogens with two attached hydrogens (primary N) is 1. The van der Waals surface area contributed by atoms with Crippen molar-refractivity contribution in [1.29, 1.82) is 0 Å². The molecule has 2 N–H and O–H groups in total. The molecule has 13 heavy (non-hydrogen) atoms. The van der Waals surface area contributed by atoms with Crippen LogP contribution in [0.1, 0.15) is 6.92 Å². The molecule has 0 heterocycles. The van der Waals surface area contributed by atoms with Crippen LogP contribution in [-0.4, -0.2) is 5.25 Å². The van der Waals surface area contributed by atoms with E-state index >= 15 is 0 Å². The maximum Gasteiger partial charge on any atom is 0.0331 e. The first-order valence-electron chi connectivity index (χ1n) is 3.97. The third-order valence-corrected chi connectivity index (χ3v) is 3.69. The van der Waals surface area contributed by atoms with Gasteiger partial charge >= 0.3 is 0 Å². The minimum atomic E-state index is 0.417. The van der Waals surface area contributed by atoms with Crippen LogP contribution < -0.4 is 5.73 Å². The molecule has 1 aromatic carbocycles. The molecule has 1 nitrogen and oxygen atoms in total. The Kier molecular flexibility index (Phi) is 3.88. The highest BCUT2D eigenvalue weighted by Crippen LogP contribution is 2.32. The summed E-state index contributed by atoms with van der Waals surface area (Å²) in [7, 11) is 0. The monoisotopic (exact) mass is 257 g/mol. The molecule has 0 saturated heterocycles. The van der Waals surface area contributed by atoms with Gasteiger partial charge in [0.05, 0.1) is 0 Å². The van der Waals surface area contributed by atoms with Gasteiger partial charge in [0.1, 0.15) is 0 Å². The summed E-state index contributed by atoms with van der Waals surface area (Å²) >= 11 is 5.23. The van der Waals surface area contributed by atoms with E-state index in [4.69, 9.17) is 5.73 Å². The zero-order valence-corrected chi connectivity index (χ0v) is 9.86. The molecule has 0 aliphatic rings. The average molecular weight is 258 g/mol. The molecule has 0 spiro atoms. The Labute approximate surface area is 91.5 Å². The highest BCUT2D eigenvalue weighted by molar-refractivity contribution is 9.10. The summed E-state index contributed by atoms with van der Waals surface area (Å²) < 4.78 is 1.05. The maximum absolute atomic E-state index is 5.63. The molecular formula is C10H12BrNS. The van der Waals surface area contributed by atoms with Gasteiger partial charge in [0.2, 0.25) is 0 Å². The van der Waals surface area contributed by atoms with E-state index in [0.29, 0.717) is 5.25 Å². The zero-order valence-electron chi connectivity index (χ0n) is 7.46. The molecule has 1 unspecified atom stereocenters. The van der Waals surface area contributed by atoms with Crippen molar-refractivity contribution in [2.45, 2.75) is 17.1 Å². The predicted molar refractivity (Wildman–Crippen MR) is 64.1 cm³/mol. The summed E-state index contributed by atoms with van der Waals surface area (Å²) in [5.74, 6) is 0. The molecule has 1 atom stereocenters. The van der Waals surface area contributed by atoms with Crippen LogP contribution >= 0.6 is 27.7 Å². The molecule has 0 radical (unpaired) electrons. The first-order valence-corrected chi connectivity index (χ1v) is 5.65. The Morgan fingerprint density at radius 3 is 2.85 bits per heavy atom. The van der Waals surface area contributed by atoms with Gasteiger partial charge in [-0.15, -0.1) is 18.3 Å². The van der Waals surface area contributed by atoms with Gasteiger partial charge in [-0.25, -0.2) is 0 Å². The first-order chi connectivity index (χ1) is 6.13. The Hall–Kier alpha value is -0.410. The van der Waals surface area contributed by atoms with E-state index in [-0.39, 0.29) is 0 Å². The Morgan fingerprint density at radius 2 is 2.31 bits per heavy atom. The van der Waals surface area contributed by atoms with Crippen LogP contribution in [0.15, 0.2) is 40.2 Å². The van der Waals surface area contributed by atoms with Crippen molar-refractivity contribution in [2.24, 2.45) is 0 Å². The van der Waals surface area contributed by atoms with Crippen LogP contribution in [0.3, 0.4) is 0 Å². The second-order valence-electron chi connectivity index (χ2n) is 2.75. The second-order valence-corrected chi connectivity index (χ2v) is 5.02. The van der Waals surface area contributed by atoms with Crippen LogP contribution in [0.5, 0.6) is 0 Å². The number of nitrogen functional groups attached to an aromatic ring is 1. The molecule has 0 fully saturated rings. The van der Waals surface area contributed by atoms with Gasteiger partial charge in [-0.3, -0.25) is 0 Å². The molecule has 3 heteroatoms. The molecule has 1 rings (SSSR count). The maximum atomic E-state index is 5.63. The Balaban J connectivity index is 2.83. The summed E-state index contributed by atoms with van der Waals surface area (Å²) in [6, 6.07) is 5.84. The lowest BCUT2D eigenvalue weighted by atomic mass is 10.3. The van der Waals surface area contributed by atoms with Gasteiger partial charge < -0.3 is 5.73 Å². The number of hydrogen-bond donors (Lipinski definition) is 1. The van der Waals surface area contributed by atoms with Crippen LogP contribution in [-0.2, 0) is 0 Å². The number of rotatable bonds is 3. The second kappa shape index (κ2) is 4.72. The van der Waals surface area contributed by atoms with E-state index in [1.807, 2.05) is 24.3 Å². The van der Waals surface area contributed by atoms with E-state index in [1.165, 1.54) is 4.90 Å². The predicted octanol–water partition coefficient (Wildman–Crippen LogP) is 3.70. The quantitative estimate of drug-likeness (QED) is 0.508. The van der Waals surface area contributed by atoms with E-state index in [0.717, 1.165) is 10.2 Å². The van der Waals surface area contributed by atoms with Gasteiger partial charge in [-0.1, -0.05) is 6.08 Å². The van der Waals surface area contributed by atoms with Gasteiger partial charge in [0.15, 0.2) is 0 Å². The fourth-order valence-corrected chi connectivity index (χ4v) is 2.35. The standard InChI is InChI=1S/C10H12BrNS/c1-3-7(2)13-10-5-4-8(12)6-9(10)11/h3-7H,1,12H2,2H3. The average Bonchev–Trinajstić information content (AvgIpc) is 2.09. The van der Waals surface area contributed by atoms with E-state index < -0.39 is 0 Å². The molecule has 0 amide bonds. The van der Waals surface area contributed by atoms with Gasteiger partial charge in [-0.05, 0) is 41.1 Å². The summed E-state index contributed by atoms with van der Waals surface area (Å²) in [5, 5.41) is 0.417. The van der Waals surface area contributed by atoms with Crippen molar-refractivity contribution < 1.29 is 0 Å². The lowest BCUT2D eigenvalue weighted by Crippen LogP contribution is -1.90. The van der Waals surface area contributed by atoms with Gasteiger partial charge in [-0.2, -0.15) is 0 Å². The Morgan fingerprint density at radius 1 is 1.62 bits per heavy atom. The molecule has 70 valence electrons. The number of halogens is 1. The van der Waals surface area contributed by atoms with Crippen molar-refractivity contribution >= 4 is 33.4 Å². The van der Waals surface area contributed by atoms with Crippen LogP contribution in [0.25, 0.3) is 0 Å². The lowest BCUT2D eigenvalue weighted by Gasteiger charge is -2.08. The zero-order chi connectivity index (χ0) is 9.84. The van der Waals surface area contributed by atoms with Crippen molar-refractivity contribution in [1.82, 2.24) is 0 Å². The van der Waals surface area contributed by atoms with Crippen molar-refractivity contribution in [2.75, 3.05) is 5.73 Å². The van der Waals surface area contributed by atoms with Crippen LogP contribution in [0.2, 0.25) is 0 Å². The first kappa shape index (κ1) is 10.7. The minimum absolute atomic E-state index is 0.417. The molecule has 0 aliphatic heterocycles. The molecule has 0 aromatic heterocycles. The van der Waals surface area contributed by atoms with Crippen LogP contribution in [0.4, 0.5) is 5.69 Å². The summed E-state index contributed by atoms with van der Waals surface area (Å²) in [5.41, 5.74) is 6.41. The number of benzene rings is 1. The highest BCUT2D eigenvalue weighted by Gasteiger charge is 2.03.